The van der Waals surface area contributed by atoms with Gasteiger partial charge in [0.25, 0.3) is 0 Å². The van der Waals surface area contributed by atoms with Gasteiger partial charge in [-0.15, -0.1) is 6.42 Å². The normalized spacial score (nSPS) is 22.5. The van der Waals surface area contributed by atoms with Crippen LogP contribution in [0.5, 0.6) is 6.01 Å². The fourth-order valence-electron chi connectivity index (χ4n) is 11.8. The van der Waals surface area contributed by atoms with Gasteiger partial charge in [0.15, 0.2) is 11.6 Å². The first kappa shape index (κ1) is 45.5. The van der Waals surface area contributed by atoms with Crippen LogP contribution in [0.25, 0.3) is 32.9 Å². The van der Waals surface area contributed by atoms with Gasteiger partial charge >= 0.3 is 11.8 Å². The van der Waals surface area contributed by atoms with E-state index in [1.54, 1.807) is 32.0 Å². The van der Waals surface area contributed by atoms with Crippen molar-refractivity contribution in [1.29, 1.82) is 0 Å². The monoisotopic (exact) mass is 949 g/mol. The first-order chi connectivity index (χ1) is 33.9. The van der Waals surface area contributed by atoms with Gasteiger partial charge in [-0.3, -0.25) is 4.90 Å². The first-order valence-corrected chi connectivity index (χ1v) is 23.9. The van der Waals surface area contributed by atoms with Crippen LogP contribution in [-0.2, 0) is 13.0 Å². The van der Waals surface area contributed by atoms with Gasteiger partial charge in [0.1, 0.15) is 28.6 Å². The van der Waals surface area contributed by atoms with Crippen molar-refractivity contribution in [2.45, 2.75) is 83.5 Å². The van der Waals surface area contributed by atoms with E-state index in [0.29, 0.717) is 89.6 Å². The summed E-state index contributed by atoms with van der Waals surface area (Å²) in [4.78, 5) is 38.9. The predicted molar refractivity (Wildman–Crippen MR) is 260 cm³/mol. The molecule has 3 saturated heterocycles. The van der Waals surface area contributed by atoms with Crippen molar-refractivity contribution in [3.63, 3.8) is 0 Å². The molecule has 0 spiro atoms. The highest BCUT2D eigenvalue weighted by Crippen LogP contribution is 2.46. The number of hydrogen-bond acceptors (Lipinski definition) is 11. The number of anilines is 1. The highest BCUT2D eigenvalue weighted by Gasteiger charge is 2.49. The van der Waals surface area contributed by atoms with E-state index in [0.717, 1.165) is 30.4 Å². The fourth-order valence-corrected chi connectivity index (χ4v) is 11.8. The maximum atomic E-state index is 18.3. The number of nitrogens with zero attached hydrogens (tertiary/aromatic N) is 7. The number of benzene rings is 4. The van der Waals surface area contributed by atoms with E-state index >= 15 is 8.78 Å². The Morgan fingerprint density at radius 3 is 2.40 bits per heavy atom. The molecule has 2 bridgehead atoms. The van der Waals surface area contributed by atoms with Crippen LogP contribution in [0.15, 0.2) is 104 Å². The minimum Gasteiger partial charge on any atom is -0.463 e. The molecule has 11 nitrogen and oxygen atoms in total. The van der Waals surface area contributed by atoms with Crippen LogP contribution in [0, 0.1) is 42.2 Å². The number of piperazine rings is 1. The molecule has 11 rings (SSSR count). The zero-order valence-electron chi connectivity index (χ0n) is 39.1. The van der Waals surface area contributed by atoms with Gasteiger partial charge < -0.3 is 23.4 Å². The molecule has 0 radical (unpaired) electrons. The summed E-state index contributed by atoms with van der Waals surface area (Å²) in [5, 5.41) is 1.25. The average Bonchev–Trinajstić information content (AvgIpc) is 3.83. The zero-order chi connectivity index (χ0) is 48.4. The quantitative estimate of drug-likeness (QED) is 0.0746. The number of aromatic nitrogens is 3. The number of hydrogen-bond donors (Lipinski definition) is 0. The second-order valence-corrected chi connectivity index (χ2v) is 19.6. The predicted octanol–water partition coefficient (Wildman–Crippen LogP) is 10.3. The van der Waals surface area contributed by atoms with Crippen molar-refractivity contribution < 1.29 is 31.1 Å². The smallest absolute Gasteiger partial charge is 0.463 e. The highest BCUT2D eigenvalue weighted by atomic mass is 19.3. The van der Waals surface area contributed by atoms with Gasteiger partial charge in [-0.25, -0.2) is 32.3 Å². The lowest BCUT2D eigenvalue weighted by Gasteiger charge is -2.48. The third kappa shape index (κ3) is 8.10. The molecule has 4 aliphatic heterocycles. The minimum absolute atomic E-state index is 0.0158. The third-order valence-corrected chi connectivity index (χ3v) is 15.1. The van der Waals surface area contributed by atoms with Gasteiger partial charge in [-0.1, -0.05) is 79.6 Å². The molecule has 4 aromatic carbocycles. The van der Waals surface area contributed by atoms with Gasteiger partial charge in [-0.2, -0.15) is 9.97 Å². The summed E-state index contributed by atoms with van der Waals surface area (Å²) in [5.41, 5.74) is 2.43. The highest BCUT2D eigenvalue weighted by molar-refractivity contribution is 6.14. The van der Waals surface area contributed by atoms with Crippen LogP contribution >= 0.6 is 0 Å². The Balaban J connectivity index is 1.10. The van der Waals surface area contributed by atoms with Crippen LogP contribution < -0.4 is 15.5 Å². The molecule has 70 heavy (non-hydrogen) atoms. The van der Waals surface area contributed by atoms with E-state index in [4.69, 9.17) is 39.9 Å². The van der Waals surface area contributed by atoms with E-state index in [1.807, 2.05) is 72.6 Å². The van der Waals surface area contributed by atoms with Crippen LogP contribution in [0.2, 0.25) is 0 Å². The number of fused-ring (bicyclic) bond motifs is 6. The maximum Gasteiger partial charge on any atom is 0.519 e. The van der Waals surface area contributed by atoms with Crippen molar-refractivity contribution in [3.05, 3.63) is 141 Å². The molecule has 0 amide bonds. The lowest BCUT2D eigenvalue weighted by atomic mass is 9.73. The van der Waals surface area contributed by atoms with Crippen LogP contribution in [-0.4, -0.2) is 88.3 Å². The standard InChI is InChI=1S/C55H51F4N7O4/c1-5-37-40(56)21-19-34-25-35(60-48(32-13-8-6-9-14-32)33-15-10-7-11-16-33)26-38(45(34)37)49-47(57)50-46-41(61-49)17-12-18-42-43-22-20-36(65(43)28-44-31(2)69-54(67)70-44)27-66(42)52(46)63-53(62-50)68-30-55(3)29-64(4)24-23-39(55)51(58)59/h1,6-11,13-16,19,21,25-26,36,39,42-43,51H,12,17-18,20,22-24,27-30H2,2-4H3/t36-,39-,42-,43+,55+/m1/s1. The topological polar surface area (TPSA) is 113 Å². The largest absolute Gasteiger partial charge is 0.519 e. The number of aliphatic imine (C=N–C) groups is 1. The number of alkyl halides is 2. The van der Waals surface area contributed by atoms with E-state index < -0.39 is 35.2 Å². The molecule has 0 unspecified atom stereocenters. The molecule has 3 aromatic heterocycles. The van der Waals surface area contributed by atoms with Crippen LogP contribution in [0.1, 0.15) is 72.9 Å². The Labute approximate surface area is 402 Å². The summed E-state index contributed by atoms with van der Waals surface area (Å²) in [6.07, 6.45) is 7.33. The molecular weight excluding hydrogens is 899 g/mol. The number of likely N-dealkylation sites (tertiary alicyclic amines) is 1. The number of piperidine rings is 1. The van der Waals surface area contributed by atoms with Crippen molar-refractivity contribution >= 4 is 38.9 Å². The zero-order valence-corrected chi connectivity index (χ0v) is 39.1. The Bertz CT molecular complexity index is 3240. The van der Waals surface area contributed by atoms with Crippen molar-refractivity contribution in [1.82, 2.24) is 24.8 Å². The third-order valence-electron chi connectivity index (χ3n) is 15.1. The van der Waals surface area contributed by atoms with E-state index in [1.165, 1.54) is 6.07 Å². The molecular formula is C55H51F4N7O4. The molecule has 7 aromatic rings. The number of ether oxygens (including phenoxy) is 1. The maximum absolute atomic E-state index is 18.3. The molecule has 15 heteroatoms. The summed E-state index contributed by atoms with van der Waals surface area (Å²) in [5.74, 6) is 0.778. The number of aryl methyl sites for hydroxylation is 2. The summed E-state index contributed by atoms with van der Waals surface area (Å²) >= 11 is 0. The second kappa shape index (κ2) is 18.1. The number of halogens is 4. The Kier molecular flexibility index (Phi) is 11.8. The van der Waals surface area contributed by atoms with Gasteiger partial charge in [0, 0.05) is 64.6 Å². The Morgan fingerprint density at radius 2 is 1.70 bits per heavy atom. The Morgan fingerprint density at radius 1 is 0.943 bits per heavy atom. The lowest BCUT2D eigenvalue weighted by Crippen LogP contribution is -2.60. The summed E-state index contributed by atoms with van der Waals surface area (Å²) < 4.78 is 80.6. The average molecular weight is 950 g/mol. The van der Waals surface area contributed by atoms with Crippen LogP contribution in [0.3, 0.4) is 0 Å². The first-order valence-electron chi connectivity index (χ1n) is 23.9. The second-order valence-electron chi connectivity index (χ2n) is 19.6. The van der Waals surface area contributed by atoms with Gasteiger partial charge in [0.05, 0.1) is 41.2 Å². The molecule has 0 N–H and O–H groups in total. The Hall–Kier alpha value is -6.89. The van der Waals surface area contributed by atoms with Crippen molar-refractivity contribution in [3.8, 4) is 29.6 Å². The van der Waals surface area contributed by atoms with Crippen molar-refractivity contribution in [2.24, 2.45) is 16.3 Å². The van der Waals surface area contributed by atoms with Gasteiger partial charge in [-0.05, 0) is 82.6 Å². The SMILES string of the molecule is C#Cc1c(F)ccc2cc(N=C(c3ccccc3)c3ccccc3)cc(-c3nc4c5c(nc(OC[C@]6(C)CN(C)CC[C@@H]6C(F)F)nc5c3F)N3C[C@H]5CC[C@@H]([C@H]3CCC4)N5Cc3oc(=O)oc3C)c12. The minimum atomic E-state index is -2.57. The number of pyridine rings is 1. The fraction of sp³-hybridized carbons (Fsp3) is 0.364. The summed E-state index contributed by atoms with van der Waals surface area (Å²) in [7, 11) is 1.90. The lowest BCUT2D eigenvalue weighted by molar-refractivity contribution is -0.0679. The molecule has 4 aliphatic rings. The molecule has 3 fully saturated rings. The van der Waals surface area contributed by atoms with E-state index in [2.05, 4.69) is 15.7 Å². The summed E-state index contributed by atoms with van der Waals surface area (Å²) in [6, 6.07) is 25.7. The number of terminal acetylenes is 1. The number of rotatable bonds is 10. The molecule has 7 heterocycles. The van der Waals surface area contributed by atoms with Gasteiger partial charge in [0.2, 0.25) is 6.43 Å². The molecule has 358 valence electrons. The van der Waals surface area contributed by atoms with E-state index in [-0.39, 0.29) is 59.5 Å². The van der Waals surface area contributed by atoms with E-state index in [9.17, 15) is 13.6 Å². The van der Waals surface area contributed by atoms with Crippen molar-refractivity contribution in [2.75, 3.05) is 38.2 Å². The molecule has 0 saturated carbocycles. The van der Waals surface area contributed by atoms with Crippen LogP contribution in [0.4, 0.5) is 29.1 Å². The molecule has 0 aliphatic carbocycles. The molecule has 5 atom stereocenters. The summed E-state index contributed by atoms with van der Waals surface area (Å²) in [6.45, 7) is 5.16.